The molecule has 0 unspecified atom stereocenters. The van der Waals surface area contributed by atoms with Gasteiger partial charge >= 0.3 is 0 Å². The first-order valence-corrected chi connectivity index (χ1v) is 8.09. The first-order valence-electron chi connectivity index (χ1n) is 8.09. The van der Waals surface area contributed by atoms with E-state index in [1.54, 1.807) is 0 Å². The molecule has 1 fully saturated rings. The molecule has 3 nitrogen and oxygen atoms in total. The summed E-state index contributed by atoms with van der Waals surface area (Å²) in [5.74, 6) is 1.19. The Bertz CT molecular complexity index is 435. The second-order valence-corrected chi connectivity index (χ2v) is 7.20. The van der Waals surface area contributed by atoms with Gasteiger partial charge in [-0.3, -0.25) is 0 Å². The molecular formula is C18H30ClNO2. The van der Waals surface area contributed by atoms with Gasteiger partial charge in [0, 0.05) is 0 Å². The summed E-state index contributed by atoms with van der Waals surface area (Å²) in [6.07, 6.45) is 5.47. The van der Waals surface area contributed by atoms with Gasteiger partial charge in [0.05, 0.1) is 12.1 Å². The number of aliphatic hydroxyl groups is 1. The Balaban J connectivity index is 0.00000242. The van der Waals surface area contributed by atoms with Crippen LogP contribution in [0.3, 0.4) is 0 Å². The smallest absolute Gasteiger partial charge is 0.120 e. The summed E-state index contributed by atoms with van der Waals surface area (Å²) >= 11 is 0. The molecule has 0 amide bonds. The Labute approximate surface area is 140 Å². The van der Waals surface area contributed by atoms with E-state index in [0.29, 0.717) is 5.92 Å². The first kappa shape index (κ1) is 19.3. The van der Waals surface area contributed by atoms with E-state index >= 15 is 0 Å². The average Bonchev–Trinajstić information content (AvgIpc) is 2.46. The van der Waals surface area contributed by atoms with E-state index in [1.807, 2.05) is 45.0 Å². The van der Waals surface area contributed by atoms with E-state index in [1.165, 1.54) is 19.3 Å². The van der Waals surface area contributed by atoms with Crippen LogP contribution in [0.2, 0.25) is 0 Å². The fraction of sp³-hybridized carbons (Fsp3) is 0.667. The zero-order valence-corrected chi connectivity index (χ0v) is 14.7. The lowest BCUT2D eigenvalue weighted by Crippen LogP contribution is -2.34. The highest BCUT2D eigenvalue weighted by molar-refractivity contribution is 5.85. The number of ether oxygens (including phenoxy) is 1. The number of rotatable bonds is 4. The molecule has 3 N–H and O–H groups in total. The molecule has 22 heavy (non-hydrogen) atoms. The third-order valence-corrected chi connectivity index (χ3v) is 4.19. The van der Waals surface area contributed by atoms with Gasteiger partial charge in [-0.05, 0) is 57.2 Å². The minimum absolute atomic E-state index is 0. The Morgan fingerprint density at radius 2 is 1.64 bits per heavy atom. The van der Waals surface area contributed by atoms with Crippen molar-refractivity contribution in [3.63, 3.8) is 0 Å². The zero-order chi connectivity index (χ0) is 15.5. The summed E-state index contributed by atoms with van der Waals surface area (Å²) in [6.45, 7) is 6.08. The first-order chi connectivity index (χ1) is 9.87. The van der Waals surface area contributed by atoms with Gasteiger partial charge in [0.15, 0.2) is 0 Å². The lowest BCUT2D eigenvalue weighted by Gasteiger charge is -2.30. The maximum absolute atomic E-state index is 10.5. The Morgan fingerprint density at radius 1 is 1.09 bits per heavy atom. The van der Waals surface area contributed by atoms with Crippen LogP contribution < -0.4 is 10.5 Å². The van der Waals surface area contributed by atoms with Crippen molar-refractivity contribution in [1.29, 1.82) is 0 Å². The van der Waals surface area contributed by atoms with E-state index in [4.69, 9.17) is 10.5 Å². The SMILES string of the molecule is CC(C)(C)Oc1ccc([C@@H](N)[C@@H](O)C2CCCCC2)cc1.Cl. The summed E-state index contributed by atoms with van der Waals surface area (Å²) in [4.78, 5) is 0. The fourth-order valence-corrected chi connectivity index (χ4v) is 3.08. The molecule has 126 valence electrons. The van der Waals surface area contributed by atoms with E-state index in [0.717, 1.165) is 24.2 Å². The lowest BCUT2D eigenvalue weighted by atomic mass is 9.81. The molecule has 1 aliphatic carbocycles. The second kappa shape index (κ2) is 8.19. The van der Waals surface area contributed by atoms with Crippen LogP contribution in [-0.2, 0) is 0 Å². The summed E-state index contributed by atoms with van der Waals surface area (Å²) in [5, 5.41) is 10.5. The van der Waals surface area contributed by atoms with E-state index in [2.05, 4.69) is 0 Å². The highest BCUT2D eigenvalue weighted by Gasteiger charge is 2.27. The van der Waals surface area contributed by atoms with Crippen molar-refractivity contribution in [3.05, 3.63) is 29.8 Å². The molecule has 0 heterocycles. The molecule has 0 aromatic heterocycles. The largest absolute Gasteiger partial charge is 0.488 e. The second-order valence-electron chi connectivity index (χ2n) is 7.20. The van der Waals surface area contributed by atoms with Gasteiger partial charge in [0.2, 0.25) is 0 Å². The van der Waals surface area contributed by atoms with Gasteiger partial charge < -0.3 is 15.6 Å². The number of hydrogen-bond acceptors (Lipinski definition) is 3. The molecule has 0 aliphatic heterocycles. The number of benzene rings is 1. The molecule has 1 aromatic rings. The van der Waals surface area contributed by atoms with Crippen molar-refractivity contribution < 1.29 is 9.84 Å². The average molecular weight is 328 g/mol. The van der Waals surface area contributed by atoms with Crippen molar-refractivity contribution in [2.45, 2.75) is 70.6 Å². The standard InChI is InChI=1S/C18H29NO2.ClH/c1-18(2,3)21-15-11-9-13(10-12-15)16(19)17(20)14-7-5-4-6-8-14;/h9-12,14,16-17,20H,4-8,19H2,1-3H3;1H/t16-,17+;/m1./s1. The lowest BCUT2D eigenvalue weighted by molar-refractivity contribution is 0.0617. The van der Waals surface area contributed by atoms with Gasteiger partial charge in [-0.2, -0.15) is 0 Å². The number of nitrogens with two attached hydrogens (primary N) is 1. The molecule has 0 saturated heterocycles. The minimum Gasteiger partial charge on any atom is -0.488 e. The van der Waals surface area contributed by atoms with Crippen molar-refractivity contribution >= 4 is 12.4 Å². The molecule has 2 rings (SSSR count). The maximum atomic E-state index is 10.5. The number of aliphatic hydroxyl groups excluding tert-OH is 1. The van der Waals surface area contributed by atoms with E-state index < -0.39 is 6.10 Å². The molecule has 0 bridgehead atoms. The highest BCUT2D eigenvalue weighted by atomic mass is 35.5. The van der Waals surface area contributed by atoms with Crippen LogP contribution in [0, 0.1) is 5.92 Å². The summed E-state index contributed by atoms with van der Waals surface area (Å²) in [6, 6.07) is 7.51. The van der Waals surface area contributed by atoms with Crippen LogP contribution in [0.15, 0.2) is 24.3 Å². The molecule has 1 aromatic carbocycles. The fourth-order valence-electron chi connectivity index (χ4n) is 3.08. The zero-order valence-electron chi connectivity index (χ0n) is 13.9. The van der Waals surface area contributed by atoms with Crippen LogP contribution in [-0.4, -0.2) is 16.8 Å². The third kappa shape index (κ3) is 5.45. The van der Waals surface area contributed by atoms with E-state index in [-0.39, 0.29) is 24.0 Å². The molecule has 0 radical (unpaired) electrons. The highest BCUT2D eigenvalue weighted by Crippen LogP contribution is 2.32. The topological polar surface area (TPSA) is 55.5 Å². The molecular weight excluding hydrogens is 298 g/mol. The van der Waals surface area contributed by atoms with Crippen LogP contribution in [0.25, 0.3) is 0 Å². The summed E-state index contributed by atoms with van der Waals surface area (Å²) in [5.41, 5.74) is 7.03. The van der Waals surface area contributed by atoms with Crippen molar-refractivity contribution in [1.82, 2.24) is 0 Å². The minimum atomic E-state index is -0.445. The van der Waals surface area contributed by atoms with Crippen molar-refractivity contribution in [3.8, 4) is 5.75 Å². The van der Waals surface area contributed by atoms with Crippen LogP contribution in [0.4, 0.5) is 0 Å². The van der Waals surface area contributed by atoms with Gasteiger partial charge in [-0.15, -0.1) is 12.4 Å². The van der Waals surface area contributed by atoms with E-state index in [9.17, 15) is 5.11 Å². The molecule has 0 spiro atoms. The van der Waals surface area contributed by atoms with Crippen LogP contribution in [0.1, 0.15) is 64.5 Å². The molecule has 1 saturated carbocycles. The van der Waals surface area contributed by atoms with Gasteiger partial charge in [-0.25, -0.2) is 0 Å². The number of hydrogen-bond donors (Lipinski definition) is 2. The van der Waals surface area contributed by atoms with Gasteiger partial charge in [0.25, 0.3) is 0 Å². The van der Waals surface area contributed by atoms with Crippen LogP contribution in [0.5, 0.6) is 5.75 Å². The molecule has 2 atom stereocenters. The third-order valence-electron chi connectivity index (χ3n) is 4.19. The predicted octanol–water partition coefficient (Wildman–Crippen LogP) is 4.23. The Morgan fingerprint density at radius 3 is 2.14 bits per heavy atom. The normalized spacial score (nSPS) is 19.1. The Hall–Kier alpha value is -0.770. The van der Waals surface area contributed by atoms with Crippen molar-refractivity contribution in [2.75, 3.05) is 0 Å². The predicted molar refractivity (Wildman–Crippen MR) is 93.6 cm³/mol. The Kier molecular flexibility index (Phi) is 7.17. The number of halogens is 1. The summed E-state index contributed by atoms with van der Waals surface area (Å²) in [7, 11) is 0. The molecule has 4 heteroatoms. The van der Waals surface area contributed by atoms with Gasteiger partial charge in [-0.1, -0.05) is 31.4 Å². The van der Waals surface area contributed by atoms with Gasteiger partial charge in [0.1, 0.15) is 11.4 Å². The maximum Gasteiger partial charge on any atom is 0.120 e. The summed E-state index contributed by atoms with van der Waals surface area (Å²) < 4.78 is 5.81. The quantitative estimate of drug-likeness (QED) is 0.870. The van der Waals surface area contributed by atoms with Crippen molar-refractivity contribution in [2.24, 2.45) is 11.7 Å². The molecule has 1 aliphatic rings. The monoisotopic (exact) mass is 327 g/mol. The van der Waals surface area contributed by atoms with Crippen LogP contribution >= 0.6 is 12.4 Å².